The van der Waals surface area contributed by atoms with Gasteiger partial charge in [-0.25, -0.2) is 0 Å². The van der Waals surface area contributed by atoms with Crippen LogP contribution in [0.1, 0.15) is 18.3 Å². The van der Waals surface area contributed by atoms with Gasteiger partial charge in [0.25, 0.3) is 5.91 Å². The van der Waals surface area contributed by atoms with Gasteiger partial charge in [0.2, 0.25) is 11.9 Å². The first-order valence-corrected chi connectivity index (χ1v) is 8.09. The van der Waals surface area contributed by atoms with Crippen LogP contribution in [0.25, 0.3) is 0 Å². The number of hydrogen-bond acceptors (Lipinski definition) is 5. The minimum absolute atomic E-state index is 0.0269. The Morgan fingerprint density at radius 2 is 2.04 bits per heavy atom. The van der Waals surface area contributed by atoms with Crippen molar-refractivity contribution < 1.29 is 14.3 Å². The molecule has 1 aromatic heterocycles. The molecule has 3 rings (SSSR count). The number of nitrogens with one attached hydrogen (secondary N) is 1. The summed E-state index contributed by atoms with van der Waals surface area (Å²) in [6, 6.07) is 8.83. The molecule has 25 heavy (non-hydrogen) atoms. The summed E-state index contributed by atoms with van der Waals surface area (Å²) in [6.45, 7) is 3.90. The molecular formula is C17H21N5O3. The lowest BCUT2D eigenvalue weighted by Gasteiger charge is -2.38. The highest BCUT2D eigenvalue weighted by atomic mass is 16.5. The molecule has 0 unspecified atom stereocenters. The number of anilines is 1. The Morgan fingerprint density at radius 3 is 2.68 bits per heavy atom. The fourth-order valence-corrected chi connectivity index (χ4v) is 2.81. The fourth-order valence-electron chi connectivity index (χ4n) is 2.81. The van der Waals surface area contributed by atoms with Gasteiger partial charge in [0, 0.05) is 13.6 Å². The van der Waals surface area contributed by atoms with Crippen molar-refractivity contribution in [2.45, 2.75) is 32.5 Å². The third-order valence-electron chi connectivity index (χ3n) is 4.36. The zero-order valence-corrected chi connectivity index (χ0v) is 14.5. The number of aryl methyl sites for hydroxylation is 1. The molecule has 0 radical (unpaired) electrons. The van der Waals surface area contributed by atoms with E-state index >= 15 is 0 Å². The van der Waals surface area contributed by atoms with Crippen LogP contribution in [0, 0.1) is 6.92 Å². The van der Waals surface area contributed by atoms with Crippen LogP contribution in [-0.4, -0.2) is 50.2 Å². The zero-order valence-electron chi connectivity index (χ0n) is 14.5. The average molecular weight is 343 g/mol. The summed E-state index contributed by atoms with van der Waals surface area (Å²) < 4.78 is 7.15. The summed E-state index contributed by atoms with van der Waals surface area (Å²) in [6.07, 6.45) is -0.421. The number of rotatable bonds is 4. The minimum atomic E-state index is -0.738. The smallest absolute Gasteiger partial charge is 0.252 e. The van der Waals surface area contributed by atoms with Gasteiger partial charge in [-0.15, -0.1) is 10.2 Å². The average Bonchev–Trinajstić information content (AvgIpc) is 2.91. The lowest BCUT2D eigenvalue weighted by atomic mass is 10.1. The molecule has 1 aromatic carbocycles. The van der Waals surface area contributed by atoms with Crippen LogP contribution in [0.5, 0.6) is 0 Å². The van der Waals surface area contributed by atoms with E-state index in [0.29, 0.717) is 18.3 Å². The van der Waals surface area contributed by atoms with Gasteiger partial charge in [-0.05, 0) is 19.4 Å². The van der Waals surface area contributed by atoms with Gasteiger partial charge >= 0.3 is 0 Å². The summed E-state index contributed by atoms with van der Waals surface area (Å²) >= 11 is 0. The molecule has 2 amide bonds. The molecule has 1 fully saturated rings. The number of amides is 2. The molecule has 1 saturated heterocycles. The summed E-state index contributed by atoms with van der Waals surface area (Å²) in [5, 5.41) is 10.6. The Balaban J connectivity index is 1.82. The van der Waals surface area contributed by atoms with E-state index in [2.05, 4.69) is 15.5 Å². The summed E-state index contributed by atoms with van der Waals surface area (Å²) in [5.74, 6) is 0.469. The maximum atomic E-state index is 12.8. The normalized spacial score (nSPS) is 20.6. The lowest BCUT2D eigenvalue weighted by Crippen LogP contribution is -2.58. The first kappa shape index (κ1) is 17.1. The Morgan fingerprint density at radius 1 is 1.32 bits per heavy atom. The van der Waals surface area contributed by atoms with Gasteiger partial charge in [0.15, 0.2) is 0 Å². The third-order valence-corrected chi connectivity index (χ3v) is 4.36. The van der Waals surface area contributed by atoms with Crippen LogP contribution in [0.15, 0.2) is 30.3 Å². The molecule has 0 spiro atoms. The highest BCUT2D eigenvalue weighted by molar-refractivity contribution is 5.97. The number of aromatic nitrogens is 3. The minimum Gasteiger partial charge on any atom is -0.366 e. The van der Waals surface area contributed by atoms with Crippen molar-refractivity contribution in [3.63, 3.8) is 0 Å². The van der Waals surface area contributed by atoms with Crippen LogP contribution in [-0.2, 0) is 27.9 Å². The van der Waals surface area contributed by atoms with E-state index in [1.165, 1.54) is 0 Å². The number of carbonyl (C=O) groups excluding carboxylic acids is 2. The number of nitrogens with zero attached hydrogens (tertiary/aromatic N) is 4. The number of carbonyl (C=O) groups is 2. The van der Waals surface area contributed by atoms with Crippen molar-refractivity contribution in [2.75, 3.05) is 11.9 Å². The lowest BCUT2D eigenvalue weighted by molar-refractivity contribution is -0.161. The molecule has 8 nitrogen and oxygen atoms in total. The van der Waals surface area contributed by atoms with Gasteiger partial charge < -0.3 is 14.2 Å². The van der Waals surface area contributed by atoms with Gasteiger partial charge in [-0.2, -0.15) is 0 Å². The van der Waals surface area contributed by atoms with Gasteiger partial charge in [-0.1, -0.05) is 30.3 Å². The standard InChI is InChI=1S/C17H21N5O3/c1-11-15(16(24)18-17-20-19-12(2)21(17)3)22(14(23)10-25-11)9-13-7-5-4-6-8-13/h4-8,11,15H,9-10H2,1-3H3,(H,18,20,24)/t11-,15+/m1/s1. The van der Waals surface area contributed by atoms with Crippen LogP contribution in [0.3, 0.4) is 0 Å². The Bertz CT molecular complexity index is 774. The summed E-state index contributed by atoms with van der Waals surface area (Å²) in [7, 11) is 1.76. The topological polar surface area (TPSA) is 89.3 Å². The predicted octanol–water partition coefficient (Wildman–Crippen LogP) is 0.878. The van der Waals surface area contributed by atoms with E-state index < -0.39 is 12.1 Å². The zero-order chi connectivity index (χ0) is 18.0. The van der Waals surface area contributed by atoms with Gasteiger partial charge in [0.05, 0.1) is 6.10 Å². The maximum Gasteiger partial charge on any atom is 0.252 e. The van der Waals surface area contributed by atoms with Gasteiger partial charge in [0.1, 0.15) is 18.5 Å². The Labute approximate surface area is 145 Å². The maximum absolute atomic E-state index is 12.8. The van der Waals surface area contributed by atoms with Crippen LogP contribution < -0.4 is 5.32 Å². The predicted molar refractivity (Wildman–Crippen MR) is 90.6 cm³/mol. The van der Waals surface area contributed by atoms with Crippen molar-refractivity contribution >= 4 is 17.8 Å². The van der Waals surface area contributed by atoms with E-state index in [9.17, 15) is 9.59 Å². The molecule has 1 N–H and O–H groups in total. The quantitative estimate of drug-likeness (QED) is 0.890. The largest absolute Gasteiger partial charge is 0.366 e. The first-order valence-electron chi connectivity index (χ1n) is 8.09. The second-order valence-corrected chi connectivity index (χ2v) is 6.09. The summed E-state index contributed by atoms with van der Waals surface area (Å²) in [5.41, 5.74) is 0.956. The van der Waals surface area contributed by atoms with E-state index in [0.717, 1.165) is 5.56 Å². The molecule has 132 valence electrons. The molecule has 2 aromatic rings. The highest BCUT2D eigenvalue weighted by Gasteiger charge is 2.39. The Kier molecular flexibility index (Phi) is 4.80. The number of morpholine rings is 1. The number of benzene rings is 1. The monoisotopic (exact) mass is 343 g/mol. The molecule has 8 heteroatoms. The second kappa shape index (κ2) is 7.02. The van der Waals surface area contributed by atoms with E-state index in [-0.39, 0.29) is 18.4 Å². The van der Waals surface area contributed by atoms with Crippen molar-refractivity contribution in [1.82, 2.24) is 19.7 Å². The molecule has 2 atom stereocenters. The summed E-state index contributed by atoms with van der Waals surface area (Å²) in [4.78, 5) is 26.7. The highest BCUT2D eigenvalue weighted by Crippen LogP contribution is 2.20. The van der Waals surface area contributed by atoms with Crippen molar-refractivity contribution in [1.29, 1.82) is 0 Å². The molecule has 0 saturated carbocycles. The molecule has 0 bridgehead atoms. The number of ether oxygens (including phenoxy) is 1. The molecule has 1 aliphatic rings. The molecule has 2 heterocycles. The van der Waals surface area contributed by atoms with Crippen LogP contribution in [0.2, 0.25) is 0 Å². The van der Waals surface area contributed by atoms with E-state index in [1.54, 1.807) is 30.4 Å². The fraction of sp³-hybridized carbons (Fsp3) is 0.412. The van der Waals surface area contributed by atoms with Crippen molar-refractivity contribution in [3.05, 3.63) is 41.7 Å². The second-order valence-electron chi connectivity index (χ2n) is 6.09. The van der Waals surface area contributed by atoms with E-state index in [1.807, 2.05) is 30.3 Å². The van der Waals surface area contributed by atoms with Crippen LogP contribution >= 0.6 is 0 Å². The van der Waals surface area contributed by atoms with Crippen LogP contribution in [0.4, 0.5) is 5.95 Å². The van der Waals surface area contributed by atoms with E-state index in [4.69, 9.17) is 4.74 Å². The Hall–Kier alpha value is -2.74. The first-order chi connectivity index (χ1) is 12.0. The van der Waals surface area contributed by atoms with Crippen molar-refractivity contribution in [2.24, 2.45) is 7.05 Å². The SMILES string of the molecule is Cc1nnc(NC(=O)[C@@H]2[C@@H](C)OCC(=O)N2Cc2ccccc2)n1C. The van der Waals surface area contributed by atoms with Gasteiger partial charge in [-0.3, -0.25) is 14.9 Å². The molecule has 0 aliphatic carbocycles. The third kappa shape index (κ3) is 3.53. The number of hydrogen-bond donors (Lipinski definition) is 1. The van der Waals surface area contributed by atoms with Crippen molar-refractivity contribution in [3.8, 4) is 0 Å². The molecular weight excluding hydrogens is 322 g/mol. The molecule has 1 aliphatic heterocycles.